The molecule has 2 amide bonds. The number of carbonyl (C=O) groups is 2. The van der Waals surface area contributed by atoms with E-state index in [9.17, 15) is 9.59 Å². The number of carbonyl (C=O) groups excluding carboxylic acids is 2. The van der Waals surface area contributed by atoms with Crippen molar-refractivity contribution in [2.24, 2.45) is 7.05 Å². The molecule has 4 aromatic rings. The summed E-state index contributed by atoms with van der Waals surface area (Å²) in [6.07, 6.45) is 1.19. The fourth-order valence-corrected chi connectivity index (χ4v) is 3.31. The largest absolute Gasteiger partial charge is 0.438 e. The van der Waals surface area contributed by atoms with E-state index in [1.54, 1.807) is 48.3 Å². The van der Waals surface area contributed by atoms with Crippen LogP contribution in [0.1, 0.15) is 21.7 Å². The van der Waals surface area contributed by atoms with Crippen LogP contribution in [0.15, 0.2) is 42.6 Å². The Morgan fingerprint density at radius 1 is 1.12 bits per heavy atom. The topological polar surface area (TPSA) is 128 Å². The Hall–Kier alpha value is -4.25. The number of anilines is 2. The fourth-order valence-electron chi connectivity index (χ4n) is 3.31. The number of hydrogen-bond acceptors (Lipinski definition) is 7. The quantitative estimate of drug-likeness (QED) is 0.435. The number of ether oxygens (including phenoxy) is 2. The maximum atomic E-state index is 12.7. The molecule has 3 aromatic heterocycles. The molecule has 1 unspecified atom stereocenters. The summed E-state index contributed by atoms with van der Waals surface area (Å²) in [5.41, 5.74) is 3.28. The highest BCUT2D eigenvalue weighted by atomic mass is 16.6. The number of nitrogens with one attached hydrogen (secondary N) is 2. The standard InChI is InChI=1S/C22H21N7O4/c1-12-4-5-14(9-15(12)23-21(30)16-8-13(2)26-28(16)3)33-20-7-6-19-24-18(10-29(19)27-20)25-22(31)17-11-32-17/h4-10,17H,11H2,1-3H3,(H,23,30)(H,25,31). The Labute approximate surface area is 188 Å². The number of amides is 2. The molecule has 0 spiro atoms. The Kier molecular flexibility index (Phi) is 5.02. The molecule has 5 rings (SSSR count). The highest BCUT2D eigenvalue weighted by Crippen LogP contribution is 2.26. The van der Waals surface area contributed by atoms with Crippen molar-refractivity contribution in [3.8, 4) is 11.6 Å². The van der Waals surface area contributed by atoms with E-state index in [4.69, 9.17) is 9.47 Å². The molecular formula is C22H21N7O4. The van der Waals surface area contributed by atoms with E-state index in [2.05, 4.69) is 25.8 Å². The van der Waals surface area contributed by atoms with Crippen LogP contribution in [0, 0.1) is 13.8 Å². The lowest BCUT2D eigenvalue weighted by Crippen LogP contribution is -2.17. The molecule has 1 aromatic carbocycles. The van der Waals surface area contributed by atoms with Crippen LogP contribution in [0.5, 0.6) is 11.6 Å². The van der Waals surface area contributed by atoms with Crippen LogP contribution < -0.4 is 15.4 Å². The number of nitrogens with zero attached hydrogens (tertiary/aromatic N) is 5. The van der Waals surface area contributed by atoms with Crippen molar-refractivity contribution in [1.82, 2.24) is 24.4 Å². The Bertz CT molecular complexity index is 1390. The van der Waals surface area contributed by atoms with Gasteiger partial charge in [-0.25, -0.2) is 9.50 Å². The number of fused-ring (bicyclic) bond motifs is 1. The van der Waals surface area contributed by atoms with Gasteiger partial charge in [-0.2, -0.15) is 5.10 Å². The van der Waals surface area contributed by atoms with Gasteiger partial charge < -0.3 is 20.1 Å². The zero-order chi connectivity index (χ0) is 23.1. The van der Waals surface area contributed by atoms with Crippen molar-refractivity contribution < 1.29 is 19.1 Å². The second-order valence-corrected chi connectivity index (χ2v) is 7.74. The fraction of sp³-hybridized carbons (Fsp3) is 0.227. The van der Waals surface area contributed by atoms with E-state index in [0.29, 0.717) is 41.1 Å². The third-order valence-electron chi connectivity index (χ3n) is 5.09. The van der Waals surface area contributed by atoms with Crippen LogP contribution in [0.4, 0.5) is 11.5 Å². The van der Waals surface area contributed by atoms with Gasteiger partial charge >= 0.3 is 0 Å². The van der Waals surface area contributed by atoms with Gasteiger partial charge in [-0.1, -0.05) is 6.07 Å². The highest BCUT2D eigenvalue weighted by molar-refractivity contribution is 6.03. The summed E-state index contributed by atoms with van der Waals surface area (Å²) in [6, 6.07) is 10.5. The Morgan fingerprint density at radius 3 is 2.67 bits per heavy atom. The van der Waals surface area contributed by atoms with Gasteiger partial charge in [-0.3, -0.25) is 14.3 Å². The average Bonchev–Trinajstić information content (AvgIpc) is 3.46. The Morgan fingerprint density at radius 2 is 1.94 bits per heavy atom. The summed E-state index contributed by atoms with van der Waals surface area (Å²) in [7, 11) is 1.72. The van der Waals surface area contributed by atoms with Crippen molar-refractivity contribution >= 4 is 29.0 Å². The molecular weight excluding hydrogens is 426 g/mol. The zero-order valence-corrected chi connectivity index (χ0v) is 18.2. The first-order valence-electron chi connectivity index (χ1n) is 10.2. The van der Waals surface area contributed by atoms with E-state index in [0.717, 1.165) is 11.3 Å². The number of benzene rings is 1. The molecule has 1 fully saturated rings. The van der Waals surface area contributed by atoms with E-state index in [1.807, 2.05) is 19.9 Å². The molecule has 1 aliphatic rings. The van der Waals surface area contributed by atoms with E-state index in [-0.39, 0.29) is 11.8 Å². The van der Waals surface area contributed by atoms with Crippen molar-refractivity contribution in [2.75, 3.05) is 17.2 Å². The number of hydrogen-bond donors (Lipinski definition) is 2. The van der Waals surface area contributed by atoms with Crippen molar-refractivity contribution in [1.29, 1.82) is 0 Å². The molecule has 2 N–H and O–H groups in total. The molecule has 11 heteroatoms. The van der Waals surface area contributed by atoms with Crippen molar-refractivity contribution in [3.05, 3.63) is 59.5 Å². The third-order valence-corrected chi connectivity index (χ3v) is 5.09. The predicted molar refractivity (Wildman–Crippen MR) is 119 cm³/mol. The van der Waals surface area contributed by atoms with Crippen LogP contribution >= 0.6 is 0 Å². The maximum absolute atomic E-state index is 12.7. The summed E-state index contributed by atoms with van der Waals surface area (Å²) in [5.74, 6) is 0.717. The highest BCUT2D eigenvalue weighted by Gasteiger charge is 2.31. The van der Waals surface area contributed by atoms with Gasteiger partial charge in [0.25, 0.3) is 11.8 Å². The first kappa shape index (κ1) is 20.6. The van der Waals surface area contributed by atoms with Crippen molar-refractivity contribution in [3.63, 3.8) is 0 Å². The molecule has 1 aliphatic heterocycles. The van der Waals surface area contributed by atoms with Crippen LogP contribution in [0.2, 0.25) is 0 Å². The lowest BCUT2D eigenvalue weighted by Gasteiger charge is -2.11. The summed E-state index contributed by atoms with van der Waals surface area (Å²) in [5, 5.41) is 14.2. The lowest BCUT2D eigenvalue weighted by atomic mass is 10.2. The minimum Gasteiger partial charge on any atom is -0.438 e. The summed E-state index contributed by atoms with van der Waals surface area (Å²) < 4.78 is 13.9. The second kappa shape index (κ2) is 8.02. The number of aromatic nitrogens is 5. The van der Waals surface area contributed by atoms with E-state index < -0.39 is 6.10 Å². The smallest absolute Gasteiger partial charge is 0.273 e. The molecule has 4 heterocycles. The van der Waals surface area contributed by atoms with E-state index in [1.165, 1.54) is 4.52 Å². The molecule has 168 valence electrons. The first-order chi connectivity index (χ1) is 15.9. The maximum Gasteiger partial charge on any atom is 0.273 e. The van der Waals surface area contributed by atoms with Gasteiger partial charge in [-0.15, -0.1) is 5.10 Å². The minimum absolute atomic E-state index is 0.231. The Balaban J connectivity index is 1.32. The predicted octanol–water partition coefficient (Wildman–Crippen LogP) is 2.46. The van der Waals surface area contributed by atoms with Gasteiger partial charge in [0.05, 0.1) is 18.5 Å². The monoisotopic (exact) mass is 447 g/mol. The average molecular weight is 447 g/mol. The third kappa shape index (κ3) is 4.39. The molecule has 1 atom stereocenters. The number of rotatable bonds is 6. The van der Waals surface area contributed by atoms with Gasteiger partial charge in [0.15, 0.2) is 17.6 Å². The molecule has 1 saturated heterocycles. The number of epoxide rings is 1. The lowest BCUT2D eigenvalue weighted by molar-refractivity contribution is -0.117. The minimum atomic E-state index is -0.403. The van der Waals surface area contributed by atoms with Crippen LogP contribution in [-0.4, -0.2) is 48.9 Å². The van der Waals surface area contributed by atoms with Crippen molar-refractivity contribution in [2.45, 2.75) is 20.0 Å². The molecule has 33 heavy (non-hydrogen) atoms. The van der Waals surface area contributed by atoms with Crippen LogP contribution in [0.25, 0.3) is 5.65 Å². The second-order valence-electron chi connectivity index (χ2n) is 7.74. The van der Waals surface area contributed by atoms with Gasteiger partial charge in [-0.05, 0) is 37.6 Å². The normalized spacial score (nSPS) is 14.8. The van der Waals surface area contributed by atoms with Gasteiger partial charge in [0, 0.05) is 24.9 Å². The zero-order valence-electron chi connectivity index (χ0n) is 18.2. The molecule has 0 radical (unpaired) electrons. The van der Waals surface area contributed by atoms with Gasteiger partial charge in [0.1, 0.15) is 11.4 Å². The molecule has 0 aliphatic carbocycles. The van der Waals surface area contributed by atoms with E-state index >= 15 is 0 Å². The summed E-state index contributed by atoms with van der Waals surface area (Å²) in [6.45, 7) is 4.15. The molecule has 11 nitrogen and oxygen atoms in total. The number of aryl methyl sites for hydroxylation is 3. The number of imidazole rings is 1. The molecule has 0 saturated carbocycles. The summed E-state index contributed by atoms with van der Waals surface area (Å²) in [4.78, 5) is 28.8. The van der Waals surface area contributed by atoms with Crippen LogP contribution in [0.3, 0.4) is 0 Å². The van der Waals surface area contributed by atoms with Gasteiger partial charge in [0.2, 0.25) is 5.88 Å². The summed E-state index contributed by atoms with van der Waals surface area (Å²) >= 11 is 0. The SMILES string of the molecule is Cc1cc(C(=O)Nc2cc(Oc3ccc4nc(NC(=O)C5CO5)cn4n3)ccc2C)n(C)n1. The molecule has 0 bridgehead atoms. The van der Waals surface area contributed by atoms with Crippen LogP contribution in [-0.2, 0) is 16.6 Å². The first-order valence-corrected chi connectivity index (χ1v) is 10.2.